The molecule has 1 aromatic heterocycles. The standard InChI is InChI=1S/C18H20N2O2S/c1-4-18(3)9-11-7-5-6-8-12(11)15-14(18)13(16(19)22)17(23-15)20-10(2)21/h5-8H,4,9H2,1-3H3,(H2,19,22)(H,20,21). The normalized spacial score (nSPS) is 18.9. The van der Waals surface area contributed by atoms with Gasteiger partial charge in [-0.25, -0.2) is 0 Å². The predicted octanol–water partition coefficient (Wildman–Crippen LogP) is 3.70. The molecule has 0 saturated heterocycles. The van der Waals surface area contributed by atoms with Crippen LogP contribution in [0.25, 0.3) is 10.4 Å². The summed E-state index contributed by atoms with van der Waals surface area (Å²) in [6.45, 7) is 5.73. The van der Waals surface area contributed by atoms with Crippen LogP contribution in [0.3, 0.4) is 0 Å². The van der Waals surface area contributed by atoms with E-state index in [-0.39, 0.29) is 11.3 Å². The number of anilines is 1. The van der Waals surface area contributed by atoms with Crippen LogP contribution in [0.1, 0.15) is 48.7 Å². The Kier molecular flexibility index (Phi) is 3.76. The molecule has 3 N–H and O–H groups in total. The fourth-order valence-electron chi connectivity index (χ4n) is 3.39. The van der Waals surface area contributed by atoms with Crippen molar-refractivity contribution >= 4 is 28.2 Å². The lowest BCUT2D eigenvalue weighted by Gasteiger charge is -2.35. The third-order valence-electron chi connectivity index (χ3n) is 4.67. The molecule has 1 aromatic carbocycles. The number of rotatable bonds is 3. The van der Waals surface area contributed by atoms with Crippen molar-refractivity contribution in [1.29, 1.82) is 0 Å². The highest BCUT2D eigenvalue weighted by Crippen LogP contribution is 2.52. The van der Waals surface area contributed by atoms with Gasteiger partial charge in [0.2, 0.25) is 5.91 Å². The number of fused-ring (bicyclic) bond motifs is 3. The molecule has 23 heavy (non-hydrogen) atoms. The Morgan fingerprint density at radius 1 is 1.35 bits per heavy atom. The molecule has 5 heteroatoms. The molecule has 1 atom stereocenters. The summed E-state index contributed by atoms with van der Waals surface area (Å²) in [5.74, 6) is -0.678. The van der Waals surface area contributed by atoms with Gasteiger partial charge in [-0.3, -0.25) is 9.59 Å². The molecule has 0 spiro atoms. The lowest BCUT2D eigenvalue weighted by Crippen LogP contribution is -2.31. The summed E-state index contributed by atoms with van der Waals surface area (Å²) in [7, 11) is 0. The van der Waals surface area contributed by atoms with Crippen molar-refractivity contribution < 1.29 is 9.59 Å². The van der Waals surface area contributed by atoms with Crippen molar-refractivity contribution in [3.8, 4) is 10.4 Å². The van der Waals surface area contributed by atoms with Crippen molar-refractivity contribution in [3.63, 3.8) is 0 Å². The van der Waals surface area contributed by atoms with Gasteiger partial charge in [-0.1, -0.05) is 38.1 Å². The van der Waals surface area contributed by atoms with Gasteiger partial charge in [0.15, 0.2) is 0 Å². The first-order valence-corrected chi connectivity index (χ1v) is 8.52. The second-order valence-corrected chi connectivity index (χ2v) is 7.32. The Labute approximate surface area is 139 Å². The van der Waals surface area contributed by atoms with Crippen LogP contribution in [-0.2, 0) is 16.6 Å². The number of nitrogens with two attached hydrogens (primary N) is 1. The molecule has 120 valence electrons. The fourth-order valence-corrected chi connectivity index (χ4v) is 4.85. The molecule has 0 fully saturated rings. The molecule has 1 aliphatic carbocycles. The van der Waals surface area contributed by atoms with Crippen LogP contribution in [0.5, 0.6) is 0 Å². The van der Waals surface area contributed by atoms with Gasteiger partial charge in [-0.15, -0.1) is 11.3 Å². The third kappa shape index (κ3) is 2.45. The first kappa shape index (κ1) is 15.7. The second-order valence-electron chi connectivity index (χ2n) is 6.30. The Bertz CT molecular complexity index is 809. The van der Waals surface area contributed by atoms with E-state index in [0.29, 0.717) is 10.6 Å². The molecule has 3 rings (SSSR count). The zero-order chi connectivity index (χ0) is 16.8. The van der Waals surface area contributed by atoms with Crippen LogP contribution in [0.2, 0.25) is 0 Å². The smallest absolute Gasteiger partial charge is 0.252 e. The molecular formula is C18H20N2O2S. The monoisotopic (exact) mass is 328 g/mol. The van der Waals surface area contributed by atoms with Gasteiger partial charge < -0.3 is 11.1 Å². The molecule has 1 unspecified atom stereocenters. The average molecular weight is 328 g/mol. The summed E-state index contributed by atoms with van der Waals surface area (Å²) in [6.07, 6.45) is 1.76. The largest absolute Gasteiger partial charge is 0.365 e. The quantitative estimate of drug-likeness (QED) is 0.902. The van der Waals surface area contributed by atoms with E-state index in [2.05, 4.69) is 31.3 Å². The van der Waals surface area contributed by atoms with E-state index in [1.807, 2.05) is 12.1 Å². The van der Waals surface area contributed by atoms with Crippen LogP contribution in [-0.4, -0.2) is 11.8 Å². The topological polar surface area (TPSA) is 72.2 Å². The Balaban J connectivity index is 2.34. The summed E-state index contributed by atoms with van der Waals surface area (Å²) >= 11 is 1.45. The van der Waals surface area contributed by atoms with Crippen LogP contribution < -0.4 is 11.1 Å². The molecule has 0 aliphatic heterocycles. The van der Waals surface area contributed by atoms with Gasteiger partial charge in [0.25, 0.3) is 5.91 Å². The van der Waals surface area contributed by atoms with Gasteiger partial charge in [0, 0.05) is 11.8 Å². The molecule has 4 nitrogen and oxygen atoms in total. The lowest BCUT2D eigenvalue weighted by molar-refractivity contribution is -0.114. The molecule has 0 bridgehead atoms. The molecule has 2 amide bonds. The lowest BCUT2D eigenvalue weighted by atomic mass is 9.69. The van der Waals surface area contributed by atoms with E-state index < -0.39 is 5.91 Å². The van der Waals surface area contributed by atoms with E-state index in [0.717, 1.165) is 28.8 Å². The third-order valence-corrected chi connectivity index (χ3v) is 5.81. The fraction of sp³-hybridized carbons (Fsp3) is 0.333. The number of carbonyl (C=O) groups excluding carboxylic acids is 2. The number of thiophene rings is 1. The number of nitrogens with one attached hydrogen (secondary N) is 1. The highest BCUT2D eigenvalue weighted by Gasteiger charge is 2.39. The number of hydrogen-bond donors (Lipinski definition) is 2. The van der Waals surface area contributed by atoms with E-state index in [1.54, 1.807) is 0 Å². The van der Waals surface area contributed by atoms with Crippen LogP contribution in [0.4, 0.5) is 5.00 Å². The first-order chi connectivity index (χ1) is 10.9. The summed E-state index contributed by atoms with van der Waals surface area (Å²) < 4.78 is 0. The SMILES string of the molecule is CCC1(C)Cc2ccccc2-c2sc(NC(C)=O)c(C(N)=O)c21. The molecule has 1 heterocycles. The maximum Gasteiger partial charge on any atom is 0.252 e. The van der Waals surface area contributed by atoms with Gasteiger partial charge in [-0.2, -0.15) is 0 Å². The average Bonchev–Trinajstić information content (AvgIpc) is 2.87. The maximum absolute atomic E-state index is 12.1. The molecule has 1 aliphatic rings. The highest BCUT2D eigenvalue weighted by atomic mass is 32.1. The summed E-state index contributed by atoms with van der Waals surface area (Å²) in [5, 5.41) is 3.34. The van der Waals surface area contributed by atoms with Crippen molar-refractivity contribution in [1.82, 2.24) is 0 Å². The first-order valence-electron chi connectivity index (χ1n) is 7.70. The van der Waals surface area contributed by atoms with Crippen molar-refractivity contribution in [2.75, 3.05) is 5.32 Å². The molecule has 0 saturated carbocycles. The van der Waals surface area contributed by atoms with Crippen molar-refractivity contribution in [2.24, 2.45) is 5.73 Å². The molecule has 0 radical (unpaired) electrons. The number of benzene rings is 1. The predicted molar refractivity (Wildman–Crippen MR) is 93.9 cm³/mol. The summed E-state index contributed by atoms with van der Waals surface area (Å²) in [6, 6.07) is 8.24. The van der Waals surface area contributed by atoms with Gasteiger partial charge in [0.05, 0.1) is 5.56 Å². The van der Waals surface area contributed by atoms with Gasteiger partial charge in [0.1, 0.15) is 5.00 Å². The van der Waals surface area contributed by atoms with E-state index in [4.69, 9.17) is 5.73 Å². The highest BCUT2D eigenvalue weighted by molar-refractivity contribution is 7.20. The Hall–Kier alpha value is -2.14. The molecular weight excluding hydrogens is 308 g/mol. The Morgan fingerprint density at radius 2 is 2.04 bits per heavy atom. The number of primary amides is 1. The summed E-state index contributed by atoms with van der Waals surface area (Å²) in [5.41, 5.74) is 9.37. The van der Waals surface area contributed by atoms with E-state index in [9.17, 15) is 9.59 Å². The van der Waals surface area contributed by atoms with Gasteiger partial charge >= 0.3 is 0 Å². The van der Waals surface area contributed by atoms with Crippen LogP contribution in [0, 0.1) is 0 Å². The minimum atomic E-state index is -0.481. The van der Waals surface area contributed by atoms with E-state index >= 15 is 0 Å². The number of carbonyl (C=O) groups is 2. The zero-order valence-electron chi connectivity index (χ0n) is 13.5. The van der Waals surface area contributed by atoms with Crippen LogP contribution >= 0.6 is 11.3 Å². The minimum absolute atomic E-state index is 0.165. The summed E-state index contributed by atoms with van der Waals surface area (Å²) in [4.78, 5) is 24.7. The Morgan fingerprint density at radius 3 is 2.65 bits per heavy atom. The number of amides is 2. The maximum atomic E-state index is 12.1. The zero-order valence-corrected chi connectivity index (χ0v) is 14.3. The number of hydrogen-bond acceptors (Lipinski definition) is 3. The van der Waals surface area contributed by atoms with Crippen LogP contribution in [0.15, 0.2) is 24.3 Å². The second kappa shape index (κ2) is 5.49. The van der Waals surface area contributed by atoms with Crippen molar-refractivity contribution in [2.45, 2.75) is 39.0 Å². The minimum Gasteiger partial charge on any atom is -0.365 e. The van der Waals surface area contributed by atoms with Crippen molar-refractivity contribution in [3.05, 3.63) is 41.0 Å². The van der Waals surface area contributed by atoms with Gasteiger partial charge in [-0.05, 0) is 34.9 Å². The van der Waals surface area contributed by atoms with E-state index in [1.165, 1.54) is 23.8 Å². The molecule has 2 aromatic rings.